The number of ether oxygens (including phenoxy) is 1. The second kappa shape index (κ2) is 5.01. The van der Waals surface area contributed by atoms with E-state index in [4.69, 9.17) is 9.84 Å². The molecule has 1 aromatic heterocycles. The summed E-state index contributed by atoms with van der Waals surface area (Å²) >= 11 is 0. The van der Waals surface area contributed by atoms with Gasteiger partial charge in [-0.25, -0.2) is 4.79 Å². The lowest BCUT2D eigenvalue weighted by Crippen LogP contribution is -2.23. The summed E-state index contributed by atoms with van der Waals surface area (Å²) in [4.78, 5) is 14.8. The summed E-state index contributed by atoms with van der Waals surface area (Å²) in [6.45, 7) is 0. The van der Waals surface area contributed by atoms with Gasteiger partial charge in [0.1, 0.15) is 17.4 Å². The second-order valence-corrected chi connectivity index (χ2v) is 4.91. The maximum atomic E-state index is 13.3. The predicted molar refractivity (Wildman–Crippen MR) is 70.2 cm³/mol. The Morgan fingerprint density at radius 2 is 2.05 bits per heavy atom. The normalized spacial score (nSPS) is 17.0. The zero-order chi connectivity index (χ0) is 15.9. The van der Waals surface area contributed by atoms with E-state index in [1.807, 2.05) is 0 Å². The molecule has 1 unspecified atom stereocenters. The minimum absolute atomic E-state index is 0.00823. The van der Waals surface area contributed by atoms with Crippen LogP contribution in [0, 0.1) is 0 Å². The average Bonchev–Trinajstić information content (AvgIpc) is 2.62. The van der Waals surface area contributed by atoms with Gasteiger partial charge in [0.05, 0.1) is 11.3 Å². The van der Waals surface area contributed by atoms with Crippen molar-refractivity contribution in [3.8, 4) is 11.5 Å². The Labute approximate surface area is 123 Å². The Morgan fingerprint density at radius 1 is 1.27 bits per heavy atom. The van der Waals surface area contributed by atoms with E-state index in [1.54, 1.807) is 0 Å². The zero-order valence-electron chi connectivity index (χ0n) is 11.1. The first-order valence-corrected chi connectivity index (χ1v) is 6.42. The molecule has 0 spiro atoms. The number of fused-ring (bicyclic) bond motifs is 2. The summed E-state index contributed by atoms with van der Waals surface area (Å²) in [5.41, 5.74) is 0.0584. The highest BCUT2D eigenvalue weighted by molar-refractivity contribution is 5.88. The molecule has 0 bridgehead atoms. The molecule has 1 aliphatic rings. The number of alkyl halides is 3. The Morgan fingerprint density at radius 3 is 2.73 bits per heavy atom. The topological polar surface area (TPSA) is 59.4 Å². The van der Waals surface area contributed by atoms with Gasteiger partial charge < -0.3 is 9.84 Å². The van der Waals surface area contributed by atoms with Crippen LogP contribution in [0.3, 0.4) is 0 Å². The molecule has 3 rings (SSSR count). The van der Waals surface area contributed by atoms with Crippen LogP contribution in [0.1, 0.15) is 27.5 Å². The maximum Gasteiger partial charge on any atom is 0.397 e. The molecule has 0 amide bonds. The van der Waals surface area contributed by atoms with Gasteiger partial charge in [0.25, 0.3) is 0 Å². The Bertz CT molecular complexity index is 743. The summed E-state index contributed by atoms with van der Waals surface area (Å²) in [7, 11) is 0. The lowest BCUT2D eigenvalue weighted by atomic mass is 9.94. The quantitative estimate of drug-likeness (QED) is 0.871. The van der Waals surface area contributed by atoms with Crippen LogP contribution in [0.4, 0.5) is 13.2 Å². The number of aromatic nitrogens is 1. The van der Waals surface area contributed by atoms with Crippen molar-refractivity contribution in [1.29, 1.82) is 0 Å². The number of halogens is 3. The van der Waals surface area contributed by atoms with E-state index in [9.17, 15) is 18.0 Å². The van der Waals surface area contributed by atoms with E-state index in [0.29, 0.717) is 5.56 Å². The van der Waals surface area contributed by atoms with Crippen LogP contribution in [-0.4, -0.2) is 22.2 Å². The molecule has 114 valence electrons. The molecule has 0 aliphatic carbocycles. The minimum Gasteiger partial charge on any atom is -0.478 e. The zero-order valence-corrected chi connectivity index (χ0v) is 11.1. The number of carbonyl (C=O) groups is 1. The van der Waals surface area contributed by atoms with Crippen molar-refractivity contribution >= 4 is 5.97 Å². The first-order valence-electron chi connectivity index (χ1n) is 6.42. The fourth-order valence-electron chi connectivity index (χ4n) is 2.41. The standard InChI is InChI=1S/C15H10F3NO3/c16-15(17,18)10-6-8-3-4-9(14(20)21)7-12(8)22-11-2-1-5-19-13(10)11/h1-5,7,10H,6H2,(H,20,21). The molecule has 0 radical (unpaired) electrons. The van der Waals surface area contributed by atoms with E-state index in [2.05, 4.69) is 4.98 Å². The van der Waals surface area contributed by atoms with Crippen molar-refractivity contribution in [2.45, 2.75) is 18.5 Å². The van der Waals surface area contributed by atoms with Gasteiger partial charge in [0, 0.05) is 6.20 Å². The van der Waals surface area contributed by atoms with Gasteiger partial charge in [-0.2, -0.15) is 13.2 Å². The molecule has 4 nitrogen and oxygen atoms in total. The van der Waals surface area contributed by atoms with Crippen LogP contribution in [0.25, 0.3) is 0 Å². The summed E-state index contributed by atoms with van der Waals surface area (Å²) in [6.07, 6.45) is -3.54. The van der Waals surface area contributed by atoms with Crippen LogP contribution in [-0.2, 0) is 6.42 Å². The third-order valence-corrected chi connectivity index (χ3v) is 3.48. The van der Waals surface area contributed by atoms with E-state index in [-0.39, 0.29) is 29.2 Å². The number of carboxylic acids is 1. The highest BCUT2D eigenvalue weighted by atomic mass is 19.4. The largest absolute Gasteiger partial charge is 0.478 e. The van der Waals surface area contributed by atoms with Gasteiger partial charge in [-0.3, -0.25) is 4.98 Å². The summed E-state index contributed by atoms with van der Waals surface area (Å²) in [5.74, 6) is -2.86. The van der Waals surface area contributed by atoms with Crippen LogP contribution in [0.5, 0.6) is 11.5 Å². The van der Waals surface area contributed by atoms with Crippen LogP contribution >= 0.6 is 0 Å². The predicted octanol–water partition coefficient (Wildman–Crippen LogP) is 3.77. The number of rotatable bonds is 1. The molecule has 22 heavy (non-hydrogen) atoms. The molecule has 1 atom stereocenters. The first-order chi connectivity index (χ1) is 10.4. The van der Waals surface area contributed by atoms with E-state index in [0.717, 1.165) is 0 Å². The smallest absolute Gasteiger partial charge is 0.397 e. The Kier molecular flexibility index (Phi) is 3.27. The number of carboxylic acid groups (broad SMARTS) is 1. The molecule has 0 fully saturated rings. The number of nitrogens with zero attached hydrogens (tertiary/aromatic N) is 1. The van der Waals surface area contributed by atoms with E-state index in [1.165, 1.54) is 36.5 Å². The molecule has 2 heterocycles. The average molecular weight is 309 g/mol. The number of hydrogen-bond donors (Lipinski definition) is 1. The van der Waals surface area contributed by atoms with E-state index >= 15 is 0 Å². The van der Waals surface area contributed by atoms with Gasteiger partial charge in [-0.1, -0.05) is 6.07 Å². The Balaban J connectivity index is 2.15. The Hall–Kier alpha value is -2.57. The van der Waals surface area contributed by atoms with Gasteiger partial charge in [-0.05, 0) is 36.2 Å². The maximum absolute atomic E-state index is 13.3. The molecule has 0 saturated heterocycles. The summed E-state index contributed by atoms with van der Waals surface area (Å²) in [6, 6.07) is 6.71. The van der Waals surface area contributed by atoms with Crippen molar-refractivity contribution in [3.05, 3.63) is 53.3 Å². The number of pyridine rings is 1. The molecule has 7 heteroatoms. The highest BCUT2D eigenvalue weighted by Gasteiger charge is 2.44. The lowest BCUT2D eigenvalue weighted by molar-refractivity contribution is -0.151. The van der Waals surface area contributed by atoms with Crippen molar-refractivity contribution in [3.63, 3.8) is 0 Å². The minimum atomic E-state index is -4.47. The third kappa shape index (κ3) is 2.49. The first kappa shape index (κ1) is 14.4. The number of benzene rings is 1. The van der Waals surface area contributed by atoms with Crippen LogP contribution < -0.4 is 4.74 Å². The summed E-state index contributed by atoms with van der Waals surface area (Å²) in [5, 5.41) is 8.99. The van der Waals surface area contributed by atoms with Crippen LogP contribution in [0.2, 0.25) is 0 Å². The fourth-order valence-corrected chi connectivity index (χ4v) is 2.41. The fraction of sp³-hybridized carbons (Fsp3) is 0.200. The monoisotopic (exact) mass is 309 g/mol. The number of hydrogen-bond acceptors (Lipinski definition) is 3. The number of aromatic carboxylic acids is 1. The molecule has 1 N–H and O–H groups in total. The molecular weight excluding hydrogens is 299 g/mol. The van der Waals surface area contributed by atoms with Gasteiger partial charge in [0.2, 0.25) is 0 Å². The molecule has 1 aliphatic heterocycles. The van der Waals surface area contributed by atoms with Gasteiger partial charge >= 0.3 is 12.1 Å². The second-order valence-electron chi connectivity index (χ2n) is 4.91. The van der Waals surface area contributed by atoms with Crippen molar-refractivity contribution in [2.75, 3.05) is 0 Å². The molecule has 0 saturated carbocycles. The van der Waals surface area contributed by atoms with Crippen molar-refractivity contribution in [1.82, 2.24) is 4.98 Å². The molecular formula is C15H10F3NO3. The van der Waals surface area contributed by atoms with Crippen LogP contribution in [0.15, 0.2) is 36.5 Å². The van der Waals surface area contributed by atoms with E-state index < -0.39 is 18.1 Å². The highest BCUT2D eigenvalue weighted by Crippen LogP contribution is 2.45. The lowest BCUT2D eigenvalue weighted by Gasteiger charge is -2.18. The van der Waals surface area contributed by atoms with Crippen molar-refractivity contribution < 1.29 is 27.8 Å². The van der Waals surface area contributed by atoms with Gasteiger partial charge in [0.15, 0.2) is 0 Å². The third-order valence-electron chi connectivity index (χ3n) is 3.48. The SMILES string of the molecule is O=C(O)c1ccc2c(c1)Oc1cccnc1C(C(F)(F)F)C2. The molecule has 1 aromatic carbocycles. The molecule has 2 aromatic rings. The summed E-state index contributed by atoms with van der Waals surface area (Å²) < 4.78 is 45.4. The van der Waals surface area contributed by atoms with Gasteiger partial charge in [-0.15, -0.1) is 0 Å². The van der Waals surface area contributed by atoms with Crippen molar-refractivity contribution in [2.24, 2.45) is 0 Å².